The van der Waals surface area contributed by atoms with E-state index in [4.69, 9.17) is 4.74 Å². The molecule has 3 rings (SSSR count). The number of ether oxygens (including phenoxy) is 1. The number of esters is 1. The number of allylic oxidation sites excluding steroid dienone is 1. The van der Waals surface area contributed by atoms with Crippen LogP contribution in [0, 0.1) is 0 Å². The Morgan fingerprint density at radius 1 is 1.12 bits per heavy atom. The van der Waals surface area contributed by atoms with Gasteiger partial charge in [0, 0.05) is 13.1 Å². The third kappa shape index (κ3) is 2.60. The predicted molar refractivity (Wildman–Crippen MR) is 93.4 cm³/mol. The van der Waals surface area contributed by atoms with Crippen LogP contribution in [0.3, 0.4) is 0 Å². The molecule has 0 saturated heterocycles. The van der Waals surface area contributed by atoms with Crippen molar-refractivity contribution in [1.82, 2.24) is 9.55 Å². The molecule has 0 aliphatic rings. The number of benzene rings is 1. The summed E-state index contributed by atoms with van der Waals surface area (Å²) in [5.41, 5.74) is 1.58. The van der Waals surface area contributed by atoms with Crippen LogP contribution in [0.15, 0.2) is 60.0 Å². The summed E-state index contributed by atoms with van der Waals surface area (Å²) < 4.78 is 6.84. The van der Waals surface area contributed by atoms with Crippen molar-refractivity contribution in [3.63, 3.8) is 0 Å². The molecule has 5 nitrogen and oxygen atoms in total. The third-order valence-electron chi connectivity index (χ3n) is 3.57. The van der Waals surface area contributed by atoms with Gasteiger partial charge in [-0.05, 0) is 36.8 Å². The molecule has 0 N–H and O–H groups in total. The van der Waals surface area contributed by atoms with Crippen LogP contribution in [-0.4, -0.2) is 15.5 Å². The number of fused-ring (bicyclic) bond motifs is 1. The Kier molecular flexibility index (Phi) is 4.00. The van der Waals surface area contributed by atoms with Crippen LogP contribution in [0.4, 0.5) is 0 Å². The molecule has 24 heavy (non-hydrogen) atoms. The molecule has 0 bridgehead atoms. The molecule has 0 atom stereocenters. The fourth-order valence-corrected chi connectivity index (χ4v) is 2.63. The standard InChI is InChI=1S/C19H16N2O3/c1-12(2)16-17(24-13(3)22)15-10-7-11-20-18(15)21(19(16)23)14-8-5-4-6-9-14/h4-11H,1H2,2-3H3. The largest absolute Gasteiger partial charge is 0.425 e. The minimum atomic E-state index is -0.500. The van der Waals surface area contributed by atoms with Crippen molar-refractivity contribution in [2.45, 2.75) is 13.8 Å². The number of aromatic nitrogens is 2. The van der Waals surface area contributed by atoms with Crippen LogP contribution >= 0.6 is 0 Å². The maximum absolute atomic E-state index is 13.1. The zero-order valence-corrected chi connectivity index (χ0v) is 13.4. The van der Waals surface area contributed by atoms with E-state index in [0.717, 1.165) is 0 Å². The SMILES string of the molecule is C=C(C)c1c(OC(C)=O)c2cccnc2n(-c2ccccc2)c1=O. The molecule has 0 radical (unpaired) electrons. The molecule has 0 amide bonds. The number of nitrogens with zero attached hydrogens (tertiary/aromatic N) is 2. The minimum Gasteiger partial charge on any atom is -0.425 e. The first-order valence-corrected chi connectivity index (χ1v) is 7.44. The van der Waals surface area contributed by atoms with Crippen molar-refractivity contribution in [2.75, 3.05) is 0 Å². The van der Waals surface area contributed by atoms with Crippen LogP contribution in [0.5, 0.6) is 5.75 Å². The van der Waals surface area contributed by atoms with Gasteiger partial charge in [0.1, 0.15) is 0 Å². The van der Waals surface area contributed by atoms with Crippen LogP contribution in [0.1, 0.15) is 19.4 Å². The molecule has 0 aliphatic carbocycles. The van der Waals surface area contributed by atoms with Crippen LogP contribution < -0.4 is 10.3 Å². The molecule has 0 spiro atoms. The molecular formula is C19H16N2O3. The predicted octanol–water partition coefficient (Wildman–Crippen LogP) is 3.34. The maximum atomic E-state index is 13.1. The summed E-state index contributed by atoms with van der Waals surface area (Å²) >= 11 is 0. The van der Waals surface area contributed by atoms with E-state index in [0.29, 0.717) is 22.3 Å². The van der Waals surface area contributed by atoms with Crippen molar-refractivity contribution in [3.05, 3.63) is 71.2 Å². The normalized spacial score (nSPS) is 10.6. The second-order valence-electron chi connectivity index (χ2n) is 5.43. The molecule has 0 fully saturated rings. The van der Waals surface area contributed by atoms with Gasteiger partial charge in [0.05, 0.1) is 16.6 Å². The highest BCUT2D eigenvalue weighted by Gasteiger charge is 2.21. The lowest BCUT2D eigenvalue weighted by atomic mass is 10.1. The molecule has 2 heterocycles. The highest BCUT2D eigenvalue weighted by Crippen LogP contribution is 2.31. The molecule has 0 aliphatic heterocycles. The summed E-state index contributed by atoms with van der Waals surface area (Å²) in [7, 11) is 0. The number of rotatable bonds is 3. The topological polar surface area (TPSA) is 61.2 Å². The van der Waals surface area contributed by atoms with E-state index in [2.05, 4.69) is 11.6 Å². The number of hydrogen-bond donors (Lipinski definition) is 0. The maximum Gasteiger partial charge on any atom is 0.308 e. The zero-order valence-electron chi connectivity index (χ0n) is 13.4. The van der Waals surface area contributed by atoms with Gasteiger partial charge in [-0.1, -0.05) is 24.8 Å². The van der Waals surface area contributed by atoms with Crippen LogP contribution in [-0.2, 0) is 4.79 Å². The lowest BCUT2D eigenvalue weighted by Gasteiger charge is -2.16. The average molecular weight is 320 g/mol. The molecule has 3 aromatic rings. The third-order valence-corrected chi connectivity index (χ3v) is 3.57. The molecule has 0 unspecified atom stereocenters. The first-order chi connectivity index (χ1) is 11.5. The Hall–Kier alpha value is -3.21. The molecule has 5 heteroatoms. The Morgan fingerprint density at radius 2 is 1.83 bits per heavy atom. The van der Waals surface area contributed by atoms with Gasteiger partial charge in [0.15, 0.2) is 11.4 Å². The summed E-state index contributed by atoms with van der Waals surface area (Å²) in [6.07, 6.45) is 1.60. The number of para-hydroxylation sites is 1. The van der Waals surface area contributed by atoms with Gasteiger partial charge in [0.2, 0.25) is 0 Å². The van der Waals surface area contributed by atoms with E-state index in [1.54, 1.807) is 25.3 Å². The van der Waals surface area contributed by atoms with Crippen molar-refractivity contribution in [2.24, 2.45) is 0 Å². The van der Waals surface area contributed by atoms with Gasteiger partial charge >= 0.3 is 5.97 Å². The van der Waals surface area contributed by atoms with Crippen molar-refractivity contribution < 1.29 is 9.53 Å². The summed E-state index contributed by atoms with van der Waals surface area (Å²) in [5, 5.41) is 0.578. The average Bonchev–Trinajstić information content (AvgIpc) is 2.55. The second kappa shape index (κ2) is 6.12. The fraction of sp³-hybridized carbons (Fsp3) is 0.105. The van der Waals surface area contributed by atoms with Gasteiger partial charge in [-0.3, -0.25) is 14.2 Å². The number of hydrogen-bond acceptors (Lipinski definition) is 4. The quantitative estimate of drug-likeness (QED) is 0.694. The Morgan fingerprint density at radius 3 is 2.46 bits per heavy atom. The van der Waals surface area contributed by atoms with Crippen molar-refractivity contribution >= 4 is 22.6 Å². The Labute approximate surface area is 138 Å². The summed E-state index contributed by atoms with van der Waals surface area (Å²) in [6, 6.07) is 12.7. The monoisotopic (exact) mass is 320 g/mol. The lowest BCUT2D eigenvalue weighted by Crippen LogP contribution is -2.24. The molecule has 120 valence electrons. The highest BCUT2D eigenvalue weighted by molar-refractivity contribution is 5.91. The van der Waals surface area contributed by atoms with Gasteiger partial charge in [-0.15, -0.1) is 0 Å². The number of carbonyl (C=O) groups is 1. The van der Waals surface area contributed by atoms with Crippen molar-refractivity contribution in [1.29, 1.82) is 0 Å². The van der Waals surface area contributed by atoms with E-state index >= 15 is 0 Å². The summed E-state index contributed by atoms with van der Waals surface area (Å²) in [4.78, 5) is 28.9. The smallest absolute Gasteiger partial charge is 0.308 e. The molecule has 2 aromatic heterocycles. The van der Waals surface area contributed by atoms with E-state index in [1.165, 1.54) is 11.5 Å². The van der Waals surface area contributed by atoms with Gasteiger partial charge in [0.25, 0.3) is 5.56 Å². The Balaban J connectivity index is 2.51. The number of pyridine rings is 2. The highest BCUT2D eigenvalue weighted by atomic mass is 16.5. The zero-order chi connectivity index (χ0) is 17.3. The first kappa shape index (κ1) is 15.7. The van der Waals surface area contributed by atoms with Gasteiger partial charge in [-0.25, -0.2) is 4.98 Å². The van der Waals surface area contributed by atoms with Gasteiger partial charge in [-0.2, -0.15) is 0 Å². The van der Waals surface area contributed by atoms with Crippen molar-refractivity contribution in [3.8, 4) is 11.4 Å². The van der Waals surface area contributed by atoms with E-state index in [9.17, 15) is 9.59 Å². The summed E-state index contributed by atoms with van der Waals surface area (Å²) in [6.45, 7) is 6.88. The lowest BCUT2D eigenvalue weighted by molar-refractivity contribution is -0.131. The Bertz CT molecular complexity index is 1000. The second-order valence-corrected chi connectivity index (χ2v) is 5.43. The van der Waals surface area contributed by atoms with Gasteiger partial charge < -0.3 is 4.74 Å². The molecular weight excluding hydrogens is 304 g/mol. The van der Waals surface area contributed by atoms with E-state index in [1.807, 2.05) is 30.3 Å². The van der Waals surface area contributed by atoms with Crippen LogP contribution in [0.2, 0.25) is 0 Å². The molecule has 0 saturated carbocycles. The first-order valence-electron chi connectivity index (χ1n) is 7.44. The van der Waals surface area contributed by atoms with Crippen LogP contribution in [0.25, 0.3) is 22.3 Å². The van der Waals surface area contributed by atoms with E-state index < -0.39 is 5.97 Å². The fourth-order valence-electron chi connectivity index (χ4n) is 2.63. The van der Waals surface area contributed by atoms with E-state index in [-0.39, 0.29) is 16.9 Å². The summed E-state index contributed by atoms with van der Waals surface area (Å²) in [5.74, 6) is -0.296. The minimum absolute atomic E-state index is 0.204. The molecule has 1 aromatic carbocycles. The number of carbonyl (C=O) groups excluding carboxylic acids is 1.